The van der Waals surface area contributed by atoms with Crippen LogP contribution < -0.4 is 4.90 Å². The maximum atomic E-state index is 12.7. The Balaban J connectivity index is 1.75. The van der Waals surface area contributed by atoms with Gasteiger partial charge in [0.15, 0.2) is 0 Å². The summed E-state index contributed by atoms with van der Waals surface area (Å²) in [4.78, 5) is 3.31. The highest BCUT2D eigenvalue weighted by atomic mass is 32.2. The summed E-state index contributed by atoms with van der Waals surface area (Å²) >= 11 is 1.35. The minimum Gasteiger partial charge on any atom is -0.369 e. The Kier molecular flexibility index (Phi) is 4.49. The molecule has 0 radical (unpaired) electrons. The molecule has 4 nitrogen and oxygen atoms in total. The normalized spacial score (nSPS) is 16.7. The minimum atomic E-state index is -3.34. The van der Waals surface area contributed by atoms with Crippen LogP contribution >= 0.6 is 11.3 Å². The minimum absolute atomic E-state index is 0.454. The van der Waals surface area contributed by atoms with Gasteiger partial charge in [-0.15, -0.1) is 11.3 Å². The van der Waals surface area contributed by atoms with Gasteiger partial charge in [0, 0.05) is 36.7 Å². The number of piperazine rings is 1. The van der Waals surface area contributed by atoms with E-state index in [0.29, 0.717) is 17.3 Å². The summed E-state index contributed by atoms with van der Waals surface area (Å²) in [6, 6.07) is 10.00. The van der Waals surface area contributed by atoms with E-state index in [4.69, 9.17) is 0 Å². The van der Waals surface area contributed by atoms with Gasteiger partial charge in [-0.3, -0.25) is 0 Å². The molecule has 1 aromatic heterocycles. The van der Waals surface area contributed by atoms with Crippen LogP contribution in [-0.4, -0.2) is 38.9 Å². The molecule has 3 rings (SSSR count). The predicted molar refractivity (Wildman–Crippen MR) is 95.9 cm³/mol. The smallest absolute Gasteiger partial charge is 0.252 e. The van der Waals surface area contributed by atoms with E-state index in [1.165, 1.54) is 28.2 Å². The first-order chi connectivity index (χ1) is 10.9. The van der Waals surface area contributed by atoms with Gasteiger partial charge >= 0.3 is 0 Å². The van der Waals surface area contributed by atoms with Gasteiger partial charge in [-0.25, -0.2) is 8.42 Å². The van der Waals surface area contributed by atoms with Crippen LogP contribution in [0.2, 0.25) is 0 Å². The number of anilines is 1. The average molecular weight is 351 g/mol. The van der Waals surface area contributed by atoms with Crippen LogP contribution in [0.5, 0.6) is 0 Å². The highest BCUT2D eigenvalue weighted by Crippen LogP contribution is 2.27. The Morgan fingerprint density at radius 2 is 1.65 bits per heavy atom. The van der Waals surface area contributed by atoms with Gasteiger partial charge in [-0.1, -0.05) is 12.1 Å². The molecule has 0 amide bonds. The average Bonchev–Trinajstić information content (AvgIpc) is 2.97. The van der Waals surface area contributed by atoms with E-state index in [9.17, 15) is 8.42 Å². The standard InChI is InChI=1S/C17H22N2O2S2/c1-13-4-5-14(2)16(12-13)18-8-10-19(11-9-18)23(20,21)17-7-6-15(3)22-17/h4-7,12H,8-11H2,1-3H3. The molecule has 0 saturated carbocycles. The monoisotopic (exact) mass is 350 g/mol. The molecule has 6 heteroatoms. The Hall–Kier alpha value is -1.37. The molecule has 1 fully saturated rings. The topological polar surface area (TPSA) is 40.6 Å². The van der Waals surface area contributed by atoms with Crippen molar-refractivity contribution in [2.75, 3.05) is 31.1 Å². The van der Waals surface area contributed by atoms with Crippen LogP contribution in [0.15, 0.2) is 34.5 Å². The van der Waals surface area contributed by atoms with Crippen LogP contribution in [0.25, 0.3) is 0 Å². The lowest BCUT2D eigenvalue weighted by Gasteiger charge is -2.36. The van der Waals surface area contributed by atoms with Gasteiger partial charge in [0.25, 0.3) is 10.0 Å². The van der Waals surface area contributed by atoms with E-state index in [2.05, 4.69) is 36.9 Å². The molecule has 2 aromatic rings. The lowest BCUT2D eigenvalue weighted by Crippen LogP contribution is -2.48. The maximum Gasteiger partial charge on any atom is 0.252 e. The largest absolute Gasteiger partial charge is 0.369 e. The Morgan fingerprint density at radius 1 is 0.957 bits per heavy atom. The second-order valence-electron chi connectivity index (χ2n) is 6.05. The van der Waals surface area contributed by atoms with Crippen molar-refractivity contribution in [1.29, 1.82) is 0 Å². The first-order valence-electron chi connectivity index (χ1n) is 7.77. The molecule has 1 aliphatic heterocycles. The number of benzene rings is 1. The van der Waals surface area contributed by atoms with Crippen molar-refractivity contribution < 1.29 is 8.42 Å². The summed E-state index contributed by atoms with van der Waals surface area (Å²) in [5, 5.41) is 0. The quantitative estimate of drug-likeness (QED) is 0.854. The molecular formula is C17H22N2O2S2. The first kappa shape index (κ1) is 16.5. The SMILES string of the molecule is Cc1ccc(C)c(N2CCN(S(=O)(=O)c3ccc(C)s3)CC2)c1. The van der Waals surface area contributed by atoms with Crippen LogP contribution in [0.3, 0.4) is 0 Å². The third-order valence-electron chi connectivity index (χ3n) is 4.25. The van der Waals surface area contributed by atoms with Crippen molar-refractivity contribution in [1.82, 2.24) is 4.31 Å². The van der Waals surface area contributed by atoms with Crippen LogP contribution in [0.4, 0.5) is 5.69 Å². The van der Waals surface area contributed by atoms with Gasteiger partial charge in [-0.2, -0.15) is 4.31 Å². The highest BCUT2D eigenvalue weighted by molar-refractivity contribution is 7.91. The van der Waals surface area contributed by atoms with Gasteiger partial charge in [-0.05, 0) is 50.1 Å². The predicted octanol–water partition coefficient (Wildman–Crippen LogP) is 3.18. The molecule has 1 aliphatic rings. The van der Waals surface area contributed by atoms with E-state index < -0.39 is 10.0 Å². The zero-order valence-electron chi connectivity index (χ0n) is 13.7. The second kappa shape index (κ2) is 6.26. The summed E-state index contributed by atoms with van der Waals surface area (Å²) in [6.45, 7) is 8.65. The third kappa shape index (κ3) is 3.29. The molecule has 0 bridgehead atoms. The lowest BCUT2D eigenvalue weighted by molar-refractivity contribution is 0.385. The summed E-state index contributed by atoms with van der Waals surface area (Å²) in [6.07, 6.45) is 0. The van der Waals surface area contributed by atoms with E-state index in [1.54, 1.807) is 10.4 Å². The van der Waals surface area contributed by atoms with Crippen molar-refractivity contribution in [2.45, 2.75) is 25.0 Å². The Morgan fingerprint density at radius 3 is 2.26 bits per heavy atom. The van der Waals surface area contributed by atoms with E-state index in [0.717, 1.165) is 18.0 Å². The van der Waals surface area contributed by atoms with Crippen LogP contribution in [-0.2, 0) is 10.0 Å². The highest BCUT2D eigenvalue weighted by Gasteiger charge is 2.29. The molecule has 1 saturated heterocycles. The maximum absolute atomic E-state index is 12.7. The number of nitrogens with zero attached hydrogens (tertiary/aromatic N) is 2. The summed E-state index contributed by atoms with van der Waals surface area (Å²) in [5.41, 5.74) is 3.68. The number of hydrogen-bond acceptors (Lipinski definition) is 4. The lowest BCUT2D eigenvalue weighted by atomic mass is 10.1. The summed E-state index contributed by atoms with van der Waals surface area (Å²) in [7, 11) is -3.34. The van der Waals surface area contributed by atoms with Gasteiger partial charge in [0.2, 0.25) is 0 Å². The summed E-state index contributed by atoms with van der Waals surface area (Å²) in [5.74, 6) is 0. The molecular weight excluding hydrogens is 328 g/mol. The number of aryl methyl sites for hydroxylation is 3. The molecule has 0 atom stereocenters. The van der Waals surface area contributed by atoms with Gasteiger partial charge < -0.3 is 4.90 Å². The van der Waals surface area contributed by atoms with Crippen molar-refractivity contribution >= 4 is 27.0 Å². The first-order valence-corrected chi connectivity index (χ1v) is 10.0. The summed E-state index contributed by atoms with van der Waals surface area (Å²) < 4.78 is 27.4. The third-order valence-corrected chi connectivity index (χ3v) is 7.62. The Bertz CT molecular complexity index is 804. The Labute approximate surface area is 142 Å². The van der Waals surface area contributed by atoms with Gasteiger partial charge in [0.05, 0.1) is 0 Å². The van der Waals surface area contributed by atoms with Crippen molar-refractivity contribution in [3.63, 3.8) is 0 Å². The van der Waals surface area contributed by atoms with E-state index in [1.807, 2.05) is 13.0 Å². The molecule has 124 valence electrons. The fourth-order valence-corrected chi connectivity index (χ4v) is 5.77. The number of hydrogen-bond donors (Lipinski definition) is 0. The van der Waals surface area contributed by atoms with Crippen LogP contribution in [0.1, 0.15) is 16.0 Å². The van der Waals surface area contributed by atoms with Crippen LogP contribution in [0, 0.1) is 20.8 Å². The zero-order chi connectivity index (χ0) is 16.6. The molecule has 0 spiro atoms. The van der Waals surface area contributed by atoms with E-state index >= 15 is 0 Å². The van der Waals surface area contributed by atoms with E-state index in [-0.39, 0.29) is 0 Å². The molecule has 0 unspecified atom stereocenters. The van der Waals surface area contributed by atoms with Crippen molar-refractivity contribution in [2.24, 2.45) is 0 Å². The second-order valence-corrected chi connectivity index (χ2v) is 9.50. The molecule has 23 heavy (non-hydrogen) atoms. The number of rotatable bonds is 3. The molecule has 0 aliphatic carbocycles. The van der Waals surface area contributed by atoms with Gasteiger partial charge in [0.1, 0.15) is 4.21 Å². The van der Waals surface area contributed by atoms with Crippen molar-refractivity contribution in [3.8, 4) is 0 Å². The number of sulfonamides is 1. The molecule has 1 aromatic carbocycles. The molecule has 0 N–H and O–H groups in total. The zero-order valence-corrected chi connectivity index (χ0v) is 15.4. The fourth-order valence-electron chi connectivity index (χ4n) is 2.91. The fraction of sp³-hybridized carbons (Fsp3) is 0.412. The van der Waals surface area contributed by atoms with Crippen molar-refractivity contribution in [3.05, 3.63) is 46.3 Å². The number of thiophene rings is 1. The molecule has 2 heterocycles.